The molecule has 0 amide bonds. The van der Waals surface area contributed by atoms with E-state index >= 15 is 0 Å². The number of hydrogen-bond acceptors (Lipinski definition) is 5. The molecule has 224 valence electrons. The molecule has 0 radical (unpaired) electrons. The summed E-state index contributed by atoms with van der Waals surface area (Å²) in [6.45, 7) is 0. The first kappa shape index (κ1) is 26.9. The van der Waals surface area contributed by atoms with Gasteiger partial charge in [-0.15, -0.1) is 16.4 Å². The second kappa shape index (κ2) is 10.7. The Balaban J connectivity index is 1.07. The normalized spacial score (nSPS) is 11.8. The Kier molecular flexibility index (Phi) is 5.98. The van der Waals surface area contributed by atoms with E-state index < -0.39 is 0 Å². The highest BCUT2D eigenvalue weighted by atomic mass is 32.1. The van der Waals surface area contributed by atoms with Crippen molar-refractivity contribution >= 4 is 59.8 Å². The van der Waals surface area contributed by atoms with Crippen LogP contribution in [0.1, 0.15) is 0 Å². The summed E-state index contributed by atoms with van der Waals surface area (Å²) in [4.78, 5) is 14.9. The van der Waals surface area contributed by atoms with Crippen molar-refractivity contribution in [3.8, 4) is 44.3 Å². The summed E-state index contributed by atoms with van der Waals surface area (Å²) in [6.07, 6.45) is 0. The zero-order valence-electron chi connectivity index (χ0n) is 25.6. The van der Waals surface area contributed by atoms with Crippen LogP contribution in [0.2, 0.25) is 0 Å². The largest absolute Gasteiger partial charge is 0.253 e. The van der Waals surface area contributed by atoms with Gasteiger partial charge in [-0.1, -0.05) is 127 Å². The molecular formula is C42H25N5S. The lowest BCUT2D eigenvalue weighted by Gasteiger charge is -2.09. The molecule has 0 unspecified atom stereocenters. The third kappa shape index (κ3) is 4.31. The minimum atomic E-state index is 0.579. The minimum Gasteiger partial charge on any atom is -0.236 e. The van der Waals surface area contributed by atoms with E-state index in [2.05, 4.69) is 115 Å². The second-order valence-corrected chi connectivity index (χ2v) is 13.0. The fourth-order valence-electron chi connectivity index (χ4n) is 6.75. The standard InChI is InChI=1S/C42H25N5S/c1-3-10-27(11-4-1)38-34-16-7-8-17-36(34)47-42(44-38)45-40(46-47)32-15-9-14-29(25-32)30-20-22-33-31(24-30)19-18-26-21-23-35-39(37(26)33)48-41(43-35)28-12-5-2-6-13-28/h1-25H. The minimum absolute atomic E-state index is 0.579. The van der Waals surface area contributed by atoms with Gasteiger partial charge in [0.1, 0.15) is 5.01 Å². The molecule has 0 aliphatic carbocycles. The van der Waals surface area contributed by atoms with Crippen molar-refractivity contribution in [2.24, 2.45) is 0 Å². The van der Waals surface area contributed by atoms with E-state index in [1.54, 1.807) is 11.3 Å². The Bertz CT molecular complexity index is 2840. The molecule has 3 aromatic heterocycles. The smallest absolute Gasteiger partial charge is 0.236 e. The summed E-state index contributed by atoms with van der Waals surface area (Å²) in [5.74, 6) is 1.23. The lowest BCUT2D eigenvalue weighted by atomic mass is 9.96. The summed E-state index contributed by atoms with van der Waals surface area (Å²) >= 11 is 1.76. The zero-order chi connectivity index (χ0) is 31.6. The highest BCUT2D eigenvalue weighted by molar-refractivity contribution is 7.22. The van der Waals surface area contributed by atoms with E-state index in [-0.39, 0.29) is 0 Å². The van der Waals surface area contributed by atoms with E-state index in [4.69, 9.17) is 20.1 Å². The van der Waals surface area contributed by atoms with Crippen molar-refractivity contribution in [3.63, 3.8) is 0 Å². The number of fused-ring (bicyclic) bond motifs is 8. The number of nitrogens with zero attached hydrogens (tertiary/aromatic N) is 5. The molecule has 0 atom stereocenters. The van der Waals surface area contributed by atoms with Crippen LogP contribution in [0.3, 0.4) is 0 Å². The molecule has 0 fully saturated rings. The predicted molar refractivity (Wildman–Crippen MR) is 198 cm³/mol. The van der Waals surface area contributed by atoms with Gasteiger partial charge >= 0.3 is 0 Å². The first-order chi connectivity index (χ1) is 23.8. The monoisotopic (exact) mass is 631 g/mol. The van der Waals surface area contributed by atoms with Gasteiger partial charge in [0.25, 0.3) is 5.78 Å². The highest BCUT2D eigenvalue weighted by Gasteiger charge is 2.16. The average Bonchev–Trinajstić information content (AvgIpc) is 3.80. The van der Waals surface area contributed by atoms with Crippen LogP contribution < -0.4 is 0 Å². The van der Waals surface area contributed by atoms with E-state index in [9.17, 15) is 0 Å². The molecule has 0 saturated carbocycles. The summed E-state index contributed by atoms with van der Waals surface area (Å²) in [5, 5.41) is 12.0. The lowest BCUT2D eigenvalue weighted by Crippen LogP contribution is -1.97. The first-order valence-electron chi connectivity index (χ1n) is 15.9. The Morgan fingerprint density at radius 2 is 1.19 bits per heavy atom. The number of benzene rings is 7. The Morgan fingerprint density at radius 1 is 0.479 bits per heavy atom. The van der Waals surface area contributed by atoms with Gasteiger partial charge in [0.2, 0.25) is 0 Å². The molecule has 3 heterocycles. The van der Waals surface area contributed by atoms with E-state index in [1.165, 1.54) is 26.2 Å². The third-order valence-electron chi connectivity index (χ3n) is 9.06. The van der Waals surface area contributed by atoms with Crippen LogP contribution in [0.5, 0.6) is 0 Å². The van der Waals surface area contributed by atoms with E-state index in [1.807, 2.05) is 40.9 Å². The van der Waals surface area contributed by atoms with Gasteiger partial charge < -0.3 is 0 Å². The molecule has 48 heavy (non-hydrogen) atoms. The second-order valence-electron chi connectivity index (χ2n) is 12.0. The maximum absolute atomic E-state index is 5.00. The number of aromatic nitrogens is 5. The van der Waals surface area contributed by atoms with Gasteiger partial charge in [0.15, 0.2) is 5.82 Å². The van der Waals surface area contributed by atoms with Crippen molar-refractivity contribution in [1.29, 1.82) is 0 Å². The number of hydrogen-bond donors (Lipinski definition) is 0. The molecule has 0 saturated heterocycles. The van der Waals surface area contributed by atoms with Gasteiger partial charge in [-0.2, -0.15) is 9.50 Å². The van der Waals surface area contributed by atoms with Gasteiger partial charge in [-0.3, -0.25) is 0 Å². The lowest BCUT2D eigenvalue weighted by molar-refractivity contribution is 0.989. The molecule has 10 rings (SSSR count). The molecule has 5 nitrogen and oxygen atoms in total. The number of para-hydroxylation sites is 1. The predicted octanol–water partition coefficient (Wildman–Crippen LogP) is 10.9. The van der Waals surface area contributed by atoms with Crippen LogP contribution in [0.15, 0.2) is 152 Å². The maximum Gasteiger partial charge on any atom is 0.253 e. The molecule has 7 aromatic carbocycles. The maximum atomic E-state index is 5.00. The summed E-state index contributed by atoms with van der Waals surface area (Å²) in [7, 11) is 0. The van der Waals surface area contributed by atoms with E-state index in [0.29, 0.717) is 11.6 Å². The van der Waals surface area contributed by atoms with Gasteiger partial charge in [-0.05, 0) is 51.6 Å². The summed E-state index contributed by atoms with van der Waals surface area (Å²) in [5.41, 5.74) is 8.32. The van der Waals surface area contributed by atoms with Crippen LogP contribution in [-0.4, -0.2) is 24.6 Å². The van der Waals surface area contributed by atoms with Crippen molar-refractivity contribution in [2.45, 2.75) is 0 Å². The van der Waals surface area contributed by atoms with E-state index in [0.717, 1.165) is 54.9 Å². The van der Waals surface area contributed by atoms with Crippen LogP contribution in [0.4, 0.5) is 0 Å². The SMILES string of the molecule is c1ccc(-c2nc3ccc4ccc5cc(-c6cccc(-c7nc8nc(-c9ccccc9)c9ccccc9n8n7)c6)ccc5c4c3s2)cc1. The first-order valence-corrected chi connectivity index (χ1v) is 16.7. The molecule has 0 bridgehead atoms. The molecular weight excluding hydrogens is 607 g/mol. The number of thiazole rings is 1. The fraction of sp³-hybridized carbons (Fsp3) is 0. The van der Waals surface area contributed by atoms with Crippen molar-refractivity contribution in [3.05, 3.63) is 152 Å². The van der Waals surface area contributed by atoms with Crippen molar-refractivity contribution < 1.29 is 0 Å². The summed E-state index contributed by atoms with van der Waals surface area (Å²) < 4.78 is 3.08. The Labute approximate surface area is 279 Å². The van der Waals surface area contributed by atoms with Crippen molar-refractivity contribution in [1.82, 2.24) is 24.6 Å². The van der Waals surface area contributed by atoms with Crippen LogP contribution >= 0.6 is 11.3 Å². The average molecular weight is 632 g/mol. The van der Waals surface area contributed by atoms with Gasteiger partial charge in [-0.25, -0.2) is 9.97 Å². The molecule has 0 aliphatic heterocycles. The highest BCUT2D eigenvalue weighted by Crippen LogP contribution is 2.39. The Hall–Kier alpha value is -6.24. The summed E-state index contributed by atoms with van der Waals surface area (Å²) in [6, 6.07) is 52.9. The van der Waals surface area contributed by atoms with Gasteiger partial charge in [0, 0.05) is 27.5 Å². The van der Waals surface area contributed by atoms with Crippen molar-refractivity contribution in [2.75, 3.05) is 0 Å². The quantitative estimate of drug-likeness (QED) is 0.181. The molecule has 0 spiro atoms. The Morgan fingerprint density at radius 3 is 2.06 bits per heavy atom. The zero-order valence-corrected chi connectivity index (χ0v) is 26.4. The molecule has 0 N–H and O–H groups in total. The molecule has 0 aliphatic rings. The topological polar surface area (TPSA) is 56.0 Å². The van der Waals surface area contributed by atoms with Gasteiger partial charge in [0.05, 0.1) is 21.4 Å². The third-order valence-corrected chi connectivity index (χ3v) is 10.2. The molecule has 10 aromatic rings. The molecule has 6 heteroatoms. The van der Waals surface area contributed by atoms with Crippen LogP contribution in [0.25, 0.3) is 92.8 Å². The fourth-order valence-corrected chi connectivity index (χ4v) is 7.89. The van der Waals surface area contributed by atoms with Crippen LogP contribution in [-0.2, 0) is 0 Å². The van der Waals surface area contributed by atoms with Crippen LogP contribution in [0, 0.1) is 0 Å². The number of rotatable bonds is 4.